The van der Waals surface area contributed by atoms with Gasteiger partial charge >= 0.3 is 0 Å². The van der Waals surface area contributed by atoms with Crippen LogP contribution in [0.25, 0.3) is 0 Å². The first-order chi connectivity index (χ1) is 8.69. The average Bonchev–Trinajstić information content (AvgIpc) is 2.37. The summed E-state index contributed by atoms with van der Waals surface area (Å²) in [6, 6.07) is 5.59. The fourth-order valence-corrected chi connectivity index (χ4v) is 2.17. The van der Waals surface area contributed by atoms with E-state index in [1.807, 2.05) is 18.3 Å². The minimum atomic E-state index is -0.0710. The Labute approximate surface area is 119 Å². The van der Waals surface area contributed by atoms with E-state index in [-0.39, 0.29) is 6.04 Å². The highest BCUT2D eigenvalue weighted by Gasteiger charge is 2.12. The third-order valence-corrected chi connectivity index (χ3v) is 3.17. The van der Waals surface area contributed by atoms with Crippen LogP contribution in [0.15, 0.2) is 41.3 Å². The van der Waals surface area contributed by atoms with Crippen LogP contribution >= 0.6 is 27.5 Å². The molecule has 0 saturated heterocycles. The Morgan fingerprint density at radius 3 is 2.78 bits per heavy atom. The fourth-order valence-electron chi connectivity index (χ4n) is 1.65. The van der Waals surface area contributed by atoms with E-state index >= 15 is 0 Å². The van der Waals surface area contributed by atoms with Crippen molar-refractivity contribution in [2.45, 2.75) is 12.5 Å². The molecule has 0 radical (unpaired) electrons. The van der Waals surface area contributed by atoms with Crippen LogP contribution in [0.2, 0.25) is 5.02 Å². The van der Waals surface area contributed by atoms with Gasteiger partial charge in [0.05, 0.1) is 16.8 Å². The molecule has 0 aliphatic carbocycles. The van der Waals surface area contributed by atoms with Crippen molar-refractivity contribution in [2.24, 2.45) is 5.84 Å². The van der Waals surface area contributed by atoms with E-state index in [1.54, 1.807) is 18.5 Å². The fraction of sp³-hybridized carbons (Fsp3) is 0.167. The monoisotopic (exact) mass is 326 g/mol. The zero-order valence-corrected chi connectivity index (χ0v) is 11.8. The lowest BCUT2D eigenvalue weighted by atomic mass is 10.1. The van der Waals surface area contributed by atoms with Crippen molar-refractivity contribution in [2.75, 3.05) is 0 Å². The first kappa shape index (κ1) is 13.4. The predicted molar refractivity (Wildman–Crippen MR) is 75.0 cm³/mol. The molecule has 0 aliphatic heterocycles. The summed E-state index contributed by atoms with van der Waals surface area (Å²) in [5.41, 5.74) is 4.68. The van der Waals surface area contributed by atoms with Gasteiger partial charge < -0.3 is 0 Å². The van der Waals surface area contributed by atoms with E-state index in [4.69, 9.17) is 17.4 Å². The topological polar surface area (TPSA) is 63.8 Å². The van der Waals surface area contributed by atoms with Crippen molar-refractivity contribution in [3.8, 4) is 0 Å². The molecule has 2 aromatic heterocycles. The summed E-state index contributed by atoms with van der Waals surface area (Å²) in [7, 11) is 0. The Balaban J connectivity index is 2.17. The molecule has 0 spiro atoms. The van der Waals surface area contributed by atoms with Crippen LogP contribution in [0.3, 0.4) is 0 Å². The molecule has 0 fully saturated rings. The number of hydrazine groups is 1. The quantitative estimate of drug-likeness (QED) is 0.669. The number of nitrogens with zero attached hydrogens (tertiary/aromatic N) is 2. The van der Waals surface area contributed by atoms with Crippen LogP contribution in [-0.4, -0.2) is 9.97 Å². The predicted octanol–water partition coefficient (Wildman–Crippen LogP) is 2.64. The number of nitrogens with two attached hydrogens (primary N) is 1. The van der Waals surface area contributed by atoms with Gasteiger partial charge in [-0.2, -0.15) is 0 Å². The Hall–Kier alpha value is -1.01. The molecule has 0 aromatic carbocycles. The summed E-state index contributed by atoms with van der Waals surface area (Å²) in [4.78, 5) is 8.38. The van der Waals surface area contributed by atoms with Crippen LogP contribution in [0.1, 0.15) is 17.3 Å². The van der Waals surface area contributed by atoms with Gasteiger partial charge in [0.2, 0.25) is 0 Å². The highest BCUT2D eigenvalue weighted by molar-refractivity contribution is 9.10. The zero-order chi connectivity index (χ0) is 13.0. The molecule has 1 unspecified atom stereocenters. The Kier molecular flexibility index (Phi) is 4.66. The molecule has 4 nitrogen and oxygen atoms in total. The number of hydrogen-bond donors (Lipinski definition) is 2. The second-order valence-electron chi connectivity index (χ2n) is 3.84. The van der Waals surface area contributed by atoms with Gasteiger partial charge in [0, 0.05) is 23.1 Å². The largest absolute Gasteiger partial charge is 0.271 e. The van der Waals surface area contributed by atoms with Crippen LogP contribution in [-0.2, 0) is 6.42 Å². The summed E-state index contributed by atoms with van der Waals surface area (Å²) >= 11 is 9.20. The van der Waals surface area contributed by atoms with Gasteiger partial charge in [-0.05, 0) is 46.1 Å². The van der Waals surface area contributed by atoms with Crippen LogP contribution in [0, 0.1) is 0 Å². The lowest BCUT2D eigenvalue weighted by Gasteiger charge is -2.15. The smallest absolute Gasteiger partial charge is 0.0672 e. The van der Waals surface area contributed by atoms with Gasteiger partial charge in [0.15, 0.2) is 0 Å². The molecule has 94 valence electrons. The minimum absolute atomic E-state index is 0.0710. The Bertz CT molecular complexity index is 518. The van der Waals surface area contributed by atoms with Crippen molar-refractivity contribution in [1.29, 1.82) is 0 Å². The van der Waals surface area contributed by atoms with Crippen molar-refractivity contribution in [3.63, 3.8) is 0 Å². The molecular formula is C12H12BrClN4. The maximum absolute atomic E-state index is 5.81. The van der Waals surface area contributed by atoms with Crippen LogP contribution in [0.4, 0.5) is 0 Å². The van der Waals surface area contributed by atoms with E-state index in [2.05, 4.69) is 31.3 Å². The second kappa shape index (κ2) is 6.24. The number of aromatic nitrogens is 2. The lowest BCUT2D eigenvalue weighted by molar-refractivity contribution is 0.537. The summed E-state index contributed by atoms with van der Waals surface area (Å²) in [6.45, 7) is 0. The molecule has 2 rings (SSSR count). The maximum Gasteiger partial charge on any atom is 0.0672 e. The van der Waals surface area contributed by atoms with Crippen molar-refractivity contribution >= 4 is 27.5 Å². The highest BCUT2D eigenvalue weighted by atomic mass is 79.9. The Morgan fingerprint density at radius 1 is 1.33 bits per heavy atom. The first-order valence-electron chi connectivity index (χ1n) is 5.36. The van der Waals surface area contributed by atoms with Gasteiger partial charge in [-0.15, -0.1) is 0 Å². The SMILES string of the molecule is NNC(Cc1cncc(Br)c1)c1ccc(Cl)cn1. The average molecular weight is 328 g/mol. The molecule has 0 amide bonds. The van der Waals surface area contributed by atoms with Crippen molar-refractivity contribution in [3.05, 3.63) is 57.5 Å². The standard InChI is InChI=1S/C12H12BrClN4/c13-9-3-8(5-16-6-9)4-12(18-15)11-2-1-10(14)7-17-11/h1-3,5-7,12,18H,4,15H2. The van der Waals surface area contributed by atoms with E-state index in [1.165, 1.54) is 0 Å². The molecule has 6 heteroatoms. The number of halogens is 2. The second-order valence-corrected chi connectivity index (χ2v) is 5.19. The van der Waals surface area contributed by atoms with Gasteiger partial charge in [-0.1, -0.05) is 11.6 Å². The third kappa shape index (κ3) is 3.49. The highest BCUT2D eigenvalue weighted by Crippen LogP contribution is 2.19. The van der Waals surface area contributed by atoms with Crippen molar-refractivity contribution in [1.82, 2.24) is 15.4 Å². The summed E-state index contributed by atoms with van der Waals surface area (Å²) in [5.74, 6) is 5.57. The molecular weight excluding hydrogens is 316 g/mol. The molecule has 1 atom stereocenters. The summed E-state index contributed by atoms with van der Waals surface area (Å²) < 4.78 is 0.944. The number of nitrogens with one attached hydrogen (secondary N) is 1. The molecule has 0 bridgehead atoms. The van der Waals surface area contributed by atoms with Gasteiger partial charge in [0.1, 0.15) is 0 Å². The zero-order valence-electron chi connectivity index (χ0n) is 9.48. The molecule has 0 saturated carbocycles. The third-order valence-electron chi connectivity index (χ3n) is 2.51. The molecule has 2 aromatic rings. The Morgan fingerprint density at radius 2 is 2.17 bits per heavy atom. The van der Waals surface area contributed by atoms with Crippen LogP contribution in [0.5, 0.6) is 0 Å². The summed E-state index contributed by atoms with van der Waals surface area (Å²) in [6.07, 6.45) is 5.87. The molecule has 3 N–H and O–H groups in total. The van der Waals surface area contributed by atoms with E-state index in [9.17, 15) is 0 Å². The summed E-state index contributed by atoms with van der Waals surface area (Å²) in [5, 5.41) is 0.610. The molecule has 18 heavy (non-hydrogen) atoms. The number of pyridine rings is 2. The van der Waals surface area contributed by atoms with Gasteiger partial charge in [-0.3, -0.25) is 21.2 Å². The normalized spacial score (nSPS) is 12.4. The lowest BCUT2D eigenvalue weighted by Crippen LogP contribution is -2.30. The van der Waals surface area contributed by atoms with Crippen LogP contribution < -0.4 is 11.3 Å². The first-order valence-corrected chi connectivity index (χ1v) is 6.53. The number of rotatable bonds is 4. The van der Waals surface area contributed by atoms with E-state index in [0.717, 1.165) is 15.7 Å². The van der Waals surface area contributed by atoms with E-state index < -0.39 is 0 Å². The molecule has 0 aliphatic rings. The van der Waals surface area contributed by atoms with Gasteiger partial charge in [0.25, 0.3) is 0 Å². The number of hydrogen-bond acceptors (Lipinski definition) is 4. The van der Waals surface area contributed by atoms with Crippen molar-refractivity contribution < 1.29 is 0 Å². The van der Waals surface area contributed by atoms with E-state index in [0.29, 0.717) is 11.4 Å². The molecule has 2 heterocycles. The minimum Gasteiger partial charge on any atom is -0.271 e. The maximum atomic E-state index is 5.81. The van der Waals surface area contributed by atoms with Gasteiger partial charge in [-0.25, -0.2) is 0 Å².